The molecule has 1 unspecified atom stereocenters. The first-order valence-corrected chi connectivity index (χ1v) is 9.87. The molecule has 2 aromatic rings. The molecule has 1 N–H and O–H groups in total. The van der Waals surface area contributed by atoms with Crippen molar-refractivity contribution in [2.24, 2.45) is 0 Å². The topological polar surface area (TPSA) is 41.6 Å². The monoisotopic (exact) mass is 386 g/mol. The van der Waals surface area contributed by atoms with Crippen LogP contribution in [0.25, 0.3) is 0 Å². The van der Waals surface area contributed by atoms with E-state index in [9.17, 15) is 4.79 Å². The number of nitrogens with zero attached hydrogens (tertiary/aromatic N) is 1. The number of benzene rings is 2. The quantitative estimate of drug-likeness (QED) is 0.790. The molecular weight excluding hydrogens is 360 g/mol. The van der Waals surface area contributed by atoms with E-state index in [1.807, 2.05) is 31.2 Å². The number of halogens is 1. The van der Waals surface area contributed by atoms with Crippen molar-refractivity contribution in [2.45, 2.75) is 32.4 Å². The summed E-state index contributed by atoms with van der Waals surface area (Å²) in [6.07, 6.45) is 1.19. The molecule has 0 radical (unpaired) electrons. The summed E-state index contributed by atoms with van der Waals surface area (Å²) in [5, 5.41) is 3.76. The second-order valence-electron chi connectivity index (χ2n) is 7.10. The molecule has 1 aliphatic heterocycles. The highest BCUT2D eigenvalue weighted by Gasteiger charge is 2.21. The average molecular weight is 387 g/mol. The van der Waals surface area contributed by atoms with Gasteiger partial charge < -0.3 is 10.1 Å². The Morgan fingerprint density at radius 1 is 1.22 bits per heavy atom. The summed E-state index contributed by atoms with van der Waals surface area (Å²) >= 11 is 6.14. The van der Waals surface area contributed by atoms with Crippen molar-refractivity contribution in [3.05, 3.63) is 70.2 Å². The third kappa shape index (κ3) is 6.35. The number of amides is 1. The van der Waals surface area contributed by atoms with E-state index in [0.29, 0.717) is 26.0 Å². The minimum absolute atomic E-state index is 0.0419. The maximum atomic E-state index is 12.2. The molecule has 0 bridgehead atoms. The number of ether oxygens (including phenoxy) is 1. The van der Waals surface area contributed by atoms with Crippen molar-refractivity contribution in [1.29, 1.82) is 0 Å². The summed E-state index contributed by atoms with van der Waals surface area (Å²) in [7, 11) is 0. The molecule has 5 heteroatoms. The van der Waals surface area contributed by atoms with Crippen molar-refractivity contribution < 1.29 is 9.53 Å². The lowest BCUT2D eigenvalue weighted by Gasteiger charge is -2.33. The van der Waals surface area contributed by atoms with Crippen LogP contribution in [-0.2, 0) is 22.5 Å². The predicted molar refractivity (Wildman–Crippen MR) is 109 cm³/mol. The van der Waals surface area contributed by atoms with Crippen LogP contribution in [0.3, 0.4) is 0 Å². The van der Waals surface area contributed by atoms with Gasteiger partial charge in [-0.15, -0.1) is 0 Å². The highest BCUT2D eigenvalue weighted by atomic mass is 35.5. The van der Waals surface area contributed by atoms with Gasteiger partial charge in [-0.05, 0) is 36.1 Å². The summed E-state index contributed by atoms with van der Waals surface area (Å²) in [6.45, 7) is 5.91. The third-order valence-corrected chi connectivity index (χ3v) is 5.28. The molecule has 144 valence electrons. The van der Waals surface area contributed by atoms with Crippen molar-refractivity contribution in [1.82, 2.24) is 10.2 Å². The lowest BCUT2D eigenvalue weighted by Crippen LogP contribution is -2.47. The number of carbonyl (C=O) groups is 1. The number of carbonyl (C=O) groups excluding carboxylic acids is 1. The maximum Gasteiger partial charge on any atom is 0.220 e. The summed E-state index contributed by atoms with van der Waals surface area (Å²) in [5.41, 5.74) is 3.45. The molecule has 27 heavy (non-hydrogen) atoms. The van der Waals surface area contributed by atoms with Gasteiger partial charge in [-0.2, -0.15) is 0 Å². The van der Waals surface area contributed by atoms with Gasteiger partial charge in [-0.3, -0.25) is 9.69 Å². The summed E-state index contributed by atoms with van der Waals surface area (Å²) in [6, 6.07) is 16.4. The van der Waals surface area contributed by atoms with E-state index in [1.165, 1.54) is 5.56 Å². The molecule has 0 aliphatic carbocycles. The van der Waals surface area contributed by atoms with E-state index >= 15 is 0 Å². The zero-order valence-electron chi connectivity index (χ0n) is 15.8. The Kier molecular flexibility index (Phi) is 7.27. The van der Waals surface area contributed by atoms with E-state index < -0.39 is 0 Å². The van der Waals surface area contributed by atoms with Crippen LogP contribution in [0.1, 0.15) is 23.1 Å². The normalized spacial score (nSPS) is 17.6. The molecule has 1 saturated heterocycles. The second-order valence-corrected chi connectivity index (χ2v) is 7.51. The fourth-order valence-corrected chi connectivity index (χ4v) is 3.46. The molecular formula is C22H27ClN2O2. The molecule has 0 spiro atoms. The fraction of sp³-hybridized carbons (Fsp3) is 0.409. The lowest BCUT2D eigenvalue weighted by molar-refractivity contribution is -0.122. The van der Waals surface area contributed by atoms with Gasteiger partial charge in [-0.1, -0.05) is 54.1 Å². The van der Waals surface area contributed by atoms with Crippen LogP contribution in [0.4, 0.5) is 0 Å². The minimum atomic E-state index is 0.0419. The maximum absolute atomic E-state index is 12.2. The molecule has 1 atom stereocenters. The number of morpholine rings is 1. The Hall–Kier alpha value is -1.88. The molecule has 4 nitrogen and oxygen atoms in total. The van der Waals surface area contributed by atoms with Crippen LogP contribution in [0.5, 0.6) is 0 Å². The largest absolute Gasteiger partial charge is 0.374 e. The zero-order valence-corrected chi connectivity index (χ0v) is 16.5. The molecule has 0 aromatic heterocycles. The lowest BCUT2D eigenvalue weighted by atomic mass is 10.1. The van der Waals surface area contributed by atoms with E-state index in [-0.39, 0.29) is 12.0 Å². The van der Waals surface area contributed by atoms with Gasteiger partial charge in [0.15, 0.2) is 0 Å². The van der Waals surface area contributed by atoms with Crippen LogP contribution in [0.2, 0.25) is 5.02 Å². The van der Waals surface area contributed by atoms with Crippen LogP contribution in [0.15, 0.2) is 48.5 Å². The number of rotatable bonds is 7. The van der Waals surface area contributed by atoms with Gasteiger partial charge in [0.1, 0.15) is 0 Å². The molecule has 1 aliphatic rings. The van der Waals surface area contributed by atoms with Crippen molar-refractivity contribution >= 4 is 17.5 Å². The van der Waals surface area contributed by atoms with Gasteiger partial charge in [0, 0.05) is 37.6 Å². The minimum Gasteiger partial charge on any atom is -0.374 e. The zero-order chi connectivity index (χ0) is 19.1. The molecule has 3 rings (SSSR count). The van der Waals surface area contributed by atoms with Crippen molar-refractivity contribution in [2.75, 3.05) is 26.2 Å². The summed E-state index contributed by atoms with van der Waals surface area (Å²) < 4.78 is 5.81. The summed E-state index contributed by atoms with van der Waals surface area (Å²) in [4.78, 5) is 14.5. The molecule has 1 fully saturated rings. The Morgan fingerprint density at radius 2 is 2.04 bits per heavy atom. The van der Waals surface area contributed by atoms with Crippen molar-refractivity contribution in [3.63, 3.8) is 0 Å². The molecule has 0 saturated carbocycles. The number of hydrogen-bond donors (Lipinski definition) is 1. The predicted octanol–water partition coefficient (Wildman–Crippen LogP) is 3.60. The second kappa shape index (κ2) is 9.88. The van der Waals surface area contributed by atoms with E-state index in [4.69, 9.17) is 16.3 Å². The summed E-state index contributed by atoms with van der Waals surface area (Å²) in [5.74, 6) is 0.0514. The highest BCUT2D eigenvalue weighted by molar-refractivity contribution is 6.31. The Bertz CT molecular complexity index is 751. The molecule has 2 aromatic carbocycles. The van der Waals surface area contributed by atoms with Crippen LogP contribution >= 0.6 is 11.6 Å². The van der Waals surface area contributed by atoms with Crippen LogP contribution in [-0.4, -0.2) is 43.2 Å². The Morgan fingerprint density at radius 3 is 2.81 bits per heavy atom. The van der Waals surface area contributed by atoms with Gasteiger partial charge in [-0.25, -0.2) is 0 Å². The first-order chi connectivity index (χ1) is 13.1. The van der Waals surface area contributed by atoms with E-state index in [1.54, 1.807) is 0 Å². The molecule has 1 heterocycles. The highest BCUT2D eigenvalue weighted by Crippen LogP contribution is 2.17. The van der Waals surface area contributed by atoms with Crippen molar-refractivity contribution in [3.8, 4) is 0 Å². The van der Waals surface area contributed by atoms with Crippen LogP contribution in [0, 0.1) is 6.92 Å². The van der Waals surface area contributed by atoms with Crippen LogP contribution < -0.4 is 5.32 Å². The van der Waals surface area contributed by atoms with E-state index in [0.717, 1.165) is 35.8 Å². The first kappa shape index (κ1) is 19.9. The smallest absolute Gasteiger partial charge is 0.220 e. The van der Waals surface area contributed by atoms with Gasteiger partial charge in [0.2, 0.25) is 5.91 Å². The standard InChI is InChI=1S/C22H27ClN2O2/c1-17-7-8-18(13-21(17)23)9-10-22(26)24-14-20-16-25(11-12-27-20)15-19-5-3-2-4-6-19/h2-8,13,20H,9-12,14-16H2,1H3,(H,24,26). The number of nitrogens with one attached hydrogen (secondary N) is 1. The van der Waals surface area contributed by atoms with Gasteiger partial charge >= 0.3 is 0 Å². The van der Waals surface area contributed by atoms with Gasteiger partial charge in [0.25, 0.3) is 0 Å². The SMILES string of the molecule is Cc1ccc(CCC(=O)NCC2CN(Cc3ccccc3)CCO2)cc1Cl. The Balaban J connectivity index is 1.39. The number of hydrogen-bond acceptors (Lipinski definition) is 3. The fourth-order valence-electron chi connectivity index (χ4n) is 3.25. The molecule has 1 amide bonds. The third-order valence-electron chi connectivity index (χ3n) is 4.88. The van der Waals surface area contributed by atoms with E-state index in [2.05, 4.69) is 34.5 Å². The Labute approximate surface area is 166 Å². The number of aryl methyl sites for hydroxylation is 2. The first-order valence-electron chi connectivity index (χ1n) is 9.50. The van der Waals surface area contributed by atoms with Gasteiger partial charge in [0.05, 0.1) is 12.7 Å². The average Bonchev–Trinajstić information content (AvgIpc) is 2.68.